The average molecular weight is 324 g/mol. The summed E-state index contributed by atoms with van der Waals surface area (Å²) in [4.78, 5) is 23.5. The number of anilines is 1. The Labute approximate surface area is 143 Å². The third-order valence-electron chi connectivity index (χ3n) is 4.46. The van der Waals surface area contributed by atoms with Crippen molar-refractivity contribution in [3.05, 3.63) is 53.5 Å². The molecule has 2 aromatic rings. The van der Waals surface area contributed by atoms with Crippen LogP contribution in [0.15, 0.2) is 36.4 Å². The second kappa shape index (κ2) is 7.43. The number of hydrogen-bond acceptors (Lipinski definition) is 4. The molecule has 1 fully saturated rings. The molecule has 5 heteroatoms. The first-order valence-corrected chi connectivity index (χ1v) is 8.54. The number of aryl methyl sites for hydroxylation is 1. The second-order valence-electron chi connectivity index (χ2n) is 6.50. The van der Waals surface area contributed by atoms with Gasteiger partial charge in [-0.15, -0.1) is 0 Å². The summed E-state index contributed by atoms with van der Waals surface area (Å²) < 4.78 is 0. The Balaban J connectivity index is 1.69. The number of amides is 1. The number of carbonyl (C=O) groups is 1. The highest BCUT2D eigenvalue weighted by Crippen LogP contribution is 2.21. The number of hydrogen-bond donors (Lipinski definition) is 1. The SMILES string of the molecule is Cc1nc(C(=O)NCc2ccccc2)cc(N2CCC(C)CC2)n1. The van der Waals surface area contributed by atoms with Gasteiger partial charge in [0.25, 0.3) is 5.91 Å². The summed E-state index contributed by atoms with van der Waals surface area (Å²) in [6.07, 6.45) is 2.33. The van der Waals surface area contributed by atoms with E-state index in [1.807, 2.05) is 43.3 Å². The van der Waals surface area contributed by atoms with E-state index in [-0.39, 0.29) is 5.91 Å². The van der Waals surface area contributed by atoms with E-state index in [4.69, 9.17) is 0 Å². The van der Waals surface area contributed by atoms with Gasteiger partial charge in [-0.05, 0) is 31.2 Å². The first-order valence-electron chi connectivity index (χ1n) is 8.54. The first kappa shape index (κ1) is 16.4. The van der Waals surface area contributed by atoms with Crippen LogP contribution < -0.4 is 10.2 Å². The van der Waals surface area contributed by atoms with Crippen LogP contribution in [0.25, 0.3) is 0 Å². The van der Waals surface area contributed by atoms with Gasteiger partial charge in [0, 0.05) is 25.7 Å². The van der Waals surface area contributed by atoms with E-state index in [1.54, 1.807) is 0 Å². The van der Waals surface area contributed by atoms with Gasteiger partial charge in [-0.1, -0.05) is 37.3 Å². The minimum absolute atomic E-state index is 0.156. The lowest BCUT2D eigenvalue weighted by atomic mass is 9.99. The van der Waals surface area contributed by atoms with Crippen molar-refractivity contribution < 1.29 is 4.79 Å². The highest BCUT2D eigenvalue weighted by atomic mass is 16.1. The topological polar surface area (TPSA) is 58.1 Å². The van der Waals surface area contributed by atoms with Gasteiger partial charge in [0.2, 0.25) is 0 Å². The highest BCUT2D eigenvalue weighted by molar-refractivity contribution is 5.92. The van der Waals surface area contributed by atoms with Crippen LogP contribution in [0.5, 0.6) is 0 Å². The number of rotatable bonds is 4. The second-order valence-corrected chi connectivity index (χ2v) is 6.50. The van der Waals surface area contributed by atoms with Crippen molar-refractivity contribution in [3.8, 4) is 0 Å². The average Bonchev–Trinajstić information content (AvgIpc) is 2.60. The fourth-order valence-electron chi connectivity index (χ4n) is 2.94. The molecule has 1 amide bonds. The first-order chi connectivity index (χ1) is 11.6. The number of nitrogens with one attached hydrogen (secondary N) is 1. The predicted octanol–water partition coefficient (Wildman–Crippen LogP) is 2.95. The van der Waals surface area contributed by atoms with Crippen LogP contribution in [0.2, 0.25) is 0 Å². The molecule has 1 N–H and O–H groups in total. The zero-order valence-electron chi connectivity index (χ0n) is 14.3. The van der Waals surface area contributed by atoms with Gasteiger partial charge >= 0.3 is 0 Å². The van der Waals surface area contributed by atoms with Gasteiger partial charge < -0.3 is 10.2 Å². The van der Waals surface area contributed by atoms with Gasteiger partial charge in [0.15, 0.2) is 0 Å². The Morgan fingerprint density at radius 1 is 1.21 bits per heavy atom. The van der Waals surface area contributed by atoms with Gasteiger partial charge in [0.05, 0.1) is 0 Å². The number of nitrogens with zero attached hydrogens (tertiary/aromatic N) is 3. The summed E-state index contributed by atoms with van der Waals surface area (Å²) in [6, 6.07) is 11.7. The smallest absolute Gasteiger partial charge is 0.270 e. The molecule has 1 saturated heterocycles. The summed E-state index contributed by atoms with van der Waals surface area (Å²) in [7, 11) is 0. The summed E-state index contributed by atoms with van der Waals surface area (Å²) in [6.45, 7) is 6.60. The van der Waals surface area contributed by atoms with E-state index in [9.17, 15) is 4.79 Å². The largest absolute Gasteiger partial charge is 0.356 e. The molecule has 0 atom stereocenters. The Kier molecular flexibility index (Phi) is 5.08. The molecule has 0 aliphatic carbocycles. The normalized spacial score (nSPS) is 15.3. The molecule has 126 valence electrons. The van der Waals surface area contributed by atoms with Crippen LogP contribution in [0, 0.1) is 12.8 Å². The number of benzene rings is 1. The molecule has 24 heavy (non-hydrogen) atoms. The lowest BCUT2D eigenvalue weighted by molar-refractivity contribution is 0.0945. The van der Waals surface area contributed by atoms with Crippen LogP contribution in [0.4, 0.5) is 5.82 Å². The molecule has 1 aromatic heterocycles. The van der Waals surface area contributed by atoms with E-state index in [2.05, 4.69) is 27.1 Å². The third kappa shape index (κ3) is 4.10. The zero-order valence-corrected chi connectivity index (χ0v) is 14.3. The molecule has 5 nitrogen and oxygen atoms in total. The summed E-state index contributed by atoms with van der Waals surface area (Å²) in [5, 5.41) is 2.93. The van der Waals surface area contributed by atoms with E-state index in [0.29, 0.717) is 18.1 Å². The van der Waals surface area contributed by atoms with Gasteiger partial charge in [-0.2, -0.15) is 0 Å². The molecule has 0 saturated carbocycles. The molecule has 1 aliphatic rings. The van der Waals surface area contributed by atoms with E-state index < -0.39 is 0 Å². The molecular formula is C19H24N4O. The molecule has 1 aliphatic heterocycles. The monoisotopic (exact) mass is 324 g/mol. The molecule has 0 bridgehead atoms. The number of aromatic nitrogens is 2. The molecular weight excluding hydrogens is 300 g/mol. The van der Waals surface area contributed by atoms with Crippen LogP contribution >= 0.6 is 0 Å². The Morgan fingerprint density at radius 3 is 2.62 bits per heavy atom. The maximum Gasteiger partial charge on any atom is 0.270 e. The molecule has 1 aromatic carbocycles. The van der Waals surface area contributed by atoms with Crippen molar-refractivity contribution in [1.82, 2.24) is 15.3 Å². The molecule has 2 heterocycles. The van der Waals surface area contributed by atoms with Crippen molar-refractivity contribution in [2.24, 2.45) is 5.92 Å². The van der Waals surface area contributed by atoms with E-state index in [0.717, 1.165) is 30.4 Å². The van der Waals surface area contributed by atoms with Gasteiger partial charge in [0.1, 0.15) is 17.3 Å². The standard InChI is InChI=1S/C19H24N4O/c1-14-8-10-23(11-9-14)18-12-17(21-15(2)22-18)19(24)20-13-16-6-4-3-5-7-16/h3-7,12,14H,8-11,13H2,1-2H3,(H,20,24). The minimum atomic E-state index is -0.156. The number of piperidine rings is 1. The summed E-state index contributed by atoms with van der Waals surface area (Å²) >= 11 is 0. The third-order valence-corrected chi connectivity index (χ3v) is 4.46. The maximum absolute atomic E-state index is 12.4. The van der Waals surface area contributed by atoms with E-state index >= 15 is 0 Å². The minimum Gasteiger partial charge on any atom is -0.356 e. The van der Waals surface area contributed by atoms with E-state index in [1.165, 1.54) is 12.8 Å². The van der Waals surface area contributed by atoms with Crippen molar-refractivity contribution in [3.63, 3.8) is 0 Å². The van der Waals surface area contributed by atoms with Crippen molar-refractivity contribution >= 4 is 11.7 Å². The van der Waals surface area contributed by atoms with Crippen LogP contribution in [-0.2, 0) is 6.54 Å². The lowest BCUT2D eigenvalue weighted by Gasteiger charge is -2.31. The summed E-state index contributed by atoms with van der Waals surface area (Å²) in [5.74, 6) is 2.10. The predicted molar refractivity (Wildman–Crippen MR) is 95.0 cm³/mol. The van der Waals surface area contributed by atoms with Crippen LogP contribution in [0.3, 0.4) is 0 Å². The molecule has 0 spiro atoms. The van der Waals surface area contributed by atoms with Crippen LogP contribution in [0.1, 0.15) is 41.6 Å². The van der Waals surface area contributed by atoms with Crippen molar-refractivity contribution in [2.75, 3.05) is 18.0 Å². The molecule has 0 radical (unpaired) electrons. The fraction of sp³-hybridized carbons (Fsp3) is 0.421. The Morgan fingerprint density at radius 2 is 1.92 bits per heavy atom. The van der Waals surface area contributed by atoms with Crippen molar-refractivity contribution in [2.45, 2.75) is 33.2 Å². The Bertz CT molecular complexity index is 694. The molecule has 0 unspecified atom stereocenters. The maximum atomic E-state index is 12.4. The fourth-order valence-corrected chi connectivity index (χ4v) is 2.94. The lowest BCUT2D eigenvalue weighted by Crippen LogP contribution is -2.34. The molecule has 3 rings (SSSR count). The van der Waals surface area contributed by atoms with Crippen LogP contribution in [-0.4, -0.2) is 29.0 Å². The highest BCUT2D eigenvalue weighted by Gasteiger charge is 2.19. The summed E-state index contributed by atoms with van der Waals surface area (Å²) in [5.41, 5.74) is 1.51. The Hall–Kier alpha value is -2.43. The van der Waals surface area contributed by atoms with Gasteiger partial charge in [-0.3, -0.25) is 4.79 Å². The van der Waals surface area contributed by atoms with Gasteiger partial charge in [-0.25, -0.2) is 9.97 Å². The van der Waals surface area contributed by atoms with Crippen molar-refractivity contribution in [1.29, 1.82) is 0 Å². The quantitative estimate of drug-likeness (QED) is 0.939. The zero-order chi connectivity index (χ0) is 16.9. The number of carbonyl (C=O) groups excluding carboxylic acids is 1.